The van der Waals surface area contributed by atoms with E-state index in [9.17, 15) is 0 Å². The number of hydrogen-bond donors (Lipinski definition) is 0. The van der Waals surface area contributed by atoms with E-state index >= 15 is 0 Å². The number of aromatic nitrogens is 4. The molecule has 5 aromatic carbocycles. The van der Waals surface area contributed by atoms with Gasteiger partial charge < -0.3 is 0 Å². The number of pyridine rings is 2. The molecular weight excluding hydrogens is 488 g/mol. The standard InChI is InChI=1S/C36H22N4/c1-2-11-23(12-3-1)28-16-10-20-33(37-28)40-31-18-8-5-14-25(31)27-22-21-26-24-13-4-7-17-30(24)39-32-19-9-6-15-29(32)38-36(39)34(26)35(27)40/h1-22H. The molecule has 0 N–H and O–H groups in total. The summed E-state index contributed by atoms with van der Waals surface area (Å²) in [4.78, 5) is 10.5. The maximum atomic E-state index is 5.24. The number of rotatable bonds is 2. The Hall–Kier alpha value is -5.48. The molecule has 0 aliphatic rings. The van der Waals surface area contributed by atoms with Crippen LogP contribution in [0.2, 0.25) is 0 Å². The Morgan fingerprint density at radius 2 is 1.12 bits per heavy atom. The van der Waals surface area contributed by atoms with Gasteiger partial charge >= 0.3 is 0 Å². The molecule has 0 aliphatic heterocycles. The van der Waals surface area contributed by atoms with Crippen LogP contribution in [0, 0.1) is 0 Å². The first-order chi connectivity index (χ1) is 19.9. The normalized spacial score (nSPS) is 12.0. The highest BCUT2D eigenvalue weighted by Gasteiger charge is 2.21. The van der Waals surface area contributed by atoms with Crippen LogP contribution in [0.5, 0.6) is 0 Å². The van der Waals surface area contributed by atoms with Gasteiger partial charge in [0.25, 0.3) is 0 Å². The summed E-state index contributed by atoms with van der Waals surface area (Å²) in [5.41, 5.74) is 8.53. The second-order valence-corrected chi connectivity index (χ2v) is 10.3. The number of hydrogen-bond acceptors (Lipinski definition) is 2. The maximum absolute atomic E-state index is 5.24. The van der Waals surface area contributed by atoms with Gasteiger partial charge in [0.15, 0.2) is 0 Å². The third kappa shape index (κ3) is 2.85. The van der Waals surface area contributed by atoms with Gasteiger partial charge in [0.1, 0.15) is 11.5 Å². The third-order valence-electron chi connectivity index (χ3n) is 8.09. The molecule has 0 radical (unpaired) electrons. The second kappa shape index (κ2) is 8.01. The lowest BCUT2D eigenvalue weighted by Gasteiger charge is -2.13. The van der Waals surface area contributed by atoms with E-state index in [1.807, 2.05) is 6.07 Å². The monoisotopic (exact) mass is 510 g/mol. The minimum atomic E-state index is 0.891. The minimum Gasteiger partial charge on any atom is -0.293 e. The first kappa shape index (κ1) is 21.5. The van der Waals surface area contributed by atoms with Crippen molar-refractivity contribution >= 4 is 60.2 Å². The summed E-state index contributed by atoms with van der Waals surface area (Å²) in [6, 6.07) is 46.9. The van der Waals surface area contributed by atoms with E-state index in [2.05, 4.69) is 136 Å². The van der Waals surface area contributed by atoms with Gasteiger partial charge in [-0.15, -0.1) is 0 Å². The van der Waals surface area contributed by atoms with E-state index < -0.39 is 0 Å². The predicted octanol–water partition coefficient (Wildman–Crippen LogP) is 8.95. The first-order valence-corrected chi connectivity index (χ1v) is 13.5. The van der Waals surface area contributed by atoms with Gasteiger partial charge in [-0.3, -0.25) is 8.97 Å². The summed E-state index contributed by atoms with van der Waals surface area (Å²) in [5, 5.41) is 5.93. The van der Waals surface area contributed by atoms with Gasteiger partial charge in [0.2, 0.25) is 0 Å². The number of para-hydroxylation sites is 4. The van der Waals surface area contributed by atoms with Gasteiger partial charge in [0, 0.05) is 21.7 Å². The molecule has 0 unspecified atom stereocenters. The Morgan fingerprint density at radius 3 is 1.98 bits per heavy atom. The van der Waals surface area contributed by atoms with Crippen molar-refractivity contribution < 1.29 is 0 Å². The Kier molecular flexibility index (Phi) is 4.30. The minimum absolute atomic E-state index is 0.891. The molecule has 0 bridgehead atoms. The number of benzene rings is 5. The Labute approximate surface area is 229 Å². The molecule has 0 saturated carbocycles. The van der Waals surface area contributed by atoms with Gasteiger partial charge in [-0.05, 0) is 41.8 Å². The van der Waals surface area contributed by atoms with E-state index in [4.69, 9.17) is 9.97 Å². The summed E-state index contributed by atoms with van der Waals surface area (Å²) in [5.74, 6) is 0.891. The zero-order chi connectivity index (χ0) is 26.2. The molecule has 0 atom stereocenters. The van der Waals surface area contributed by atoms with E-state index in [1.165, 1.54) is 21.5 Å². The number of fused-ring (bicyclic) bond motifs is 12. The molecule has 4 heterocycles. The number of nitrogens with zero attached hydrogens (tertiary/aromatic N) is 4. The van der Waals surface area contributed by atoms with Gasteiger partial charge in [-0.25, -0.2) is 9.97 Å². The fraction of sp³-hybridized carbons (Fsp3) is 0. The predicted molar refractivity (Wildman–Crippen MR) is 165 cm³/mol. The summed E-state index contributed by atoms with van der Waals surface area (Å²) in [7, 11) is 0. The van der Waals surface area contributed by atoms with E-state index in [0.717, 1.165) is 55.7 Å². The molecule has 0 aliphatic carbocycles. The summed E-state index contributed by atoms with van der Waals surface area (Å²) >= 11 is 0. The molecule has 0 fully saturated rings. The summed E-state index contributed by atoms with van der Waals surface area (Å²) < 4.78 is 4.65. The molecule has 4 nitrogen and oxygen atoms in total. The molecule has 186 valence electrons. The maximum Gasteiger partial charge on any atom is 0.148 e. The van der Waals surface area contributed by atoms with Crippen LogP contribution in [0.4, 0.5) is 0 Å². The molecule has 4 heteroatoms. The first-order valence-electron chi connectivity index (χ1n) is 13.5. The van der Waals surface area contributed by atoms with Gasteiger partial charge in [-0.2, -0.15) is 0 Å². The largest absolute Gasteiger partial charge is 0.293 e. The van der Waals surface area contributed by atoms with Crippen LogP contribution < -0.4 is 0 Å². The van der Waals surface area contributed by atoms with Crippen molar-refractivity contribution in [2.45, 2.75) is 0 Å². The summed E-state index contributed by atoms with van der Waals surface area (Å²) in [6.07, 6.45) is 0. The molecule has 0 amide bonds. The molecule has 9 rings (SSSR count). The van der Waals surface area contributed by atoms with Crippen LogP contribution in [0.3, 0.4) is 0 Å². The van der Waals surface area contributed by atoms with E-state index in [1.54, 1.807) is 0 Å². The van der Waals surface area contributed by atoms with Crippen molar-refractivity contribution in [3.05, 3.63) is 133 Å². The molecule has 4 aromatic heterocycles. The zero-order valence-corrected chi connectivity index (χ0v) is 21.5. The smallest absolute Gasteiger partial charge is 0.148 e. The van der Waals surface area contributed by atoms with Crippen LogP contribution in [0.15, 0.2) is 133 Å². The lowest BCUT2D eigenvalue weighted by molar-refractivity contribution is 1.09. The van der Waals surface area contributed by atoms with Crippen LogP contribution in [-0.4, -0.2) is 18.9 Å². The van der Waals surface area contributed by atoms with Crippen molar-refractivity contribution in [3.63, 3.8) is 0 Å². The topological polar surface area (TPSA) is 35.1 Å². The lowest BCUT2D eigenvalue weighted by Crippen LogP contribution is -2.00. The molecule has 0 spiro atoms. The van der Waals surface area contributed by atoms with Crippen LogP contribution in [0.1, 0.15) is 0 Å². The molecule has 9 aromatic rings. The van der Waals surface area contributed by atoms with Crippen LogP contribution >= 0.6 is 0 Å². The fourth-order valence-corrected chi connectivity index (χ4v) is 6.40. The average Bonchev–Trinajstić information content (AvgIpc) is 3.58. The highest BCUT2D eigenvalue weighted by Crippen LogP contribution is 2.41. The summed E-state index contributed by atoms with van der Waals surface area (Å²) in [6.45, 7) is 0. The highest BCUT2D eigenvalue weighted by molar-refractivity contribution is 6.27. The van der Waals surface area contributed by atoms with Crippen molar-refractivity contribution in [2.75, 3.05) is 0 Å². The second-order valence-electron chi connectivity index (χ2n) is 10.3. The quantitative estimate of drug-likeness (QED) is 0.218. The van der Waals surface area contributed by atoms with Crippen molar-refractivity contribution in [1.29, 1.82) is 0 Å². The fourth-order valence-electron chi connectivity index (χ4n) is 6.40. The molecule has 40 heavy (non-hydrogen) atoms. The average molecular weight is 511 g/mol. The molecular formula is C36H22N4. The zero-order valence-electron chi connectivity index (χ0n) is 21.5. The van der Waals surface area contributed by atoms with E-state index in [0.29, 0.717) is 0 Å². The highest BCUT2D eigenvalue weighted by atomic mass is 15.1. The van der Waals surface area contributed by atoms with E-state index in [-0.39, 0.29) is 0 Å². The van der Waals surface area contributed by atoms with Crippen LogP contribution in [-0.2, 0) is 0 Å². The Bertz CT molecular complexity index is 2430. The molecule has 0 saturated heterocycles. The third-order valence-corrected chi connectivity index (χ3v) is 8.09. The SMILES string of the molecule is c1ccc(-c2cccc(-n3c4ccccc4c4ccc5c6ccccc6n6c7ccccc7nc6c5c43)n2)cc1. The Balaban J connectivity index is 1.53. The lowest BCUT2D eigenvalue weighted by atomic mass is 10.0. The van der Waals surface area contributed by atoms with Crippen molar-refractivity contribution in [1.82, 2.24) is 18.9 Å². The van der Waals surface area contributed by atoms with Crippen molar-refractivity contribution in [2.24, 2.45) is 0 Å². The van der Waals surface area contributed by atoms with Gasteiger partial charge in [-0.1, -0.05) is 97.1 Å². The van der Waals surface area contributed by atoms with Gasteiger partial charge in [0.05, 0.1) is 38.7 Å². The van der Waals surface area contributed by atoms with Crippen molar-refractivity contribution in [3.8, 4) is 17.1 Å². The Morgan fingerprint density at radius 1 is 0.450 bits per heavy atom. The number of imidazole rings is 1. The van der Waals surface area contributed by atoms with Crippen LogP contribution in [0.25, 0.3) is 77.2 Å².